The van der Waals surface area contributed by atoms with Crippen LogP contribution in [-0.4, -0.2) is 61.4 Å². The summed E-state index contributed by atoms with van der Waals surface area (Å²) in [6.07, 6.45) is 7.82. The summed E-state index contributed by atoms with van der Waals surface area (Å²) in [6, 6.07) is -0.264. The first-order valence-electron chi connectivity index (χ1n) is 8.31. The second kappa shape index (κ2) is 7.78. The Hall–Kier alpha value is -1.10. The van der Waals surface area contributed by atoms with Gasteiger partial charge in [0.05, 0.1) is 6.54 Å². The Morgan fingerprint density at radius 3 is 2.52 bits per heavy atom. The second-order valence-electron chi connectivity index (χ2n) is 6.71. The fraction of sp³-hybridized carbons (Fsp3) is 0.875. The topological polar surface area (TPSA) is 52.6 Å². The number of carbonyl (C=O) groups is 2. The van der Waals surface area contributed by atoms with Crippen LogP contribution in [0.2, 0.25) is 0 Å². The minimum Gasteiger partial charge on any atom is -0.342 e. The molecule has 1 saturated carbocycles. The van der Waals surface area contributed by atoms with Crippen LogP contribution in [0.1, 0.15) is 44.9 Å². The van der Waals surface area contributed by atoms with E-state index in [-0.39, 0.29) is 24.4 Å². The fourth-order valence-electron chi connectivity index (χ4n) is 3.44. The fourth-order valence-corrected chi connectivity index (χ4v) is 3.44. The van der Waals surface area contributed by atoms with Gasteiger partial charge in [0.15, 0.2) is 0 Å². The number of carbonyl (C=O) groups excluding carboxylic acids is 2. The first-order chi connectivity index (χ1) is 10.1. The molecule has 5 nitrogen and oxygen atoms in total. The maximum atomic E-state index is 12.6. The van der Waals surface area contributed by atoms with Crippen LogP contribution in [0.15, 0.2) is 0 Å². The van der Waals surface area contributed by atoms with Crippen molar-refractivity contribution >= 4 is 11.8 Å². The van der Waals surface area contributed by atoms with Crippen molar-refractivity contribution in [2.45, 2.75) is 51.0 Å². The molecule has 1 heterocycles. The van der Waals surface area contributed by atoms with Crippen molar-refractivity contribution in [1.29, 1.82) is 0 Å². The molecule has 0 radical (unpaired) electrons. The van der Waals surface area contributed by atoms with Gasteiger partial charge in [-0.1, -0.05) is 19.3 Å². The third-order valence-electron chi connectivity index (χ3n) is 4.63. The summed E-state index contributed by atoms with van der Waals surface area (Å²) in [5.74, 6) is 0.504. The van der Waals surface area contributed by atoms with E-state index in [1.807, 2.05) is 0 Å². The molecule has 1 atom stereocenters. The van der Waals surface area contributed by atoms with Crippen LogP contribution in [0, 0.1) is 5.92 Å². The monoisotopic (exact) mass is 295 g/mol. The third-order valence-corrected chi connectivity index (χ3v) is 4.63. The van der Waals surface area contributed by atoms with Crippen molar-refractivity contribution < 1.29 is 9.59 Å². The predicted octanol–water partition coefficient (Wildman–Crippen LogP) is 1.24. The highest BCUT2D eigenvalue weighted by Crippen LogP contribution is 2.28. The maximum Gasteiger partial charge on any atom is 0.245 e. The predicted molar refractivity (Wildman–Crippen MR) is 82.9 cm³/mol. The Labute approximate surface area is 128 Å². The van der Waals surface area contributed by atoms with E-state index in [1.165, 1.54) is 19.3 Å². The van der Waals surface area contributed by atoms with Crippen LogP contribution < -0.4 is 5.32 Å². The standard InChI is InChI=1S/C16H29N3O2/c1-18(2)10-6-7-11-19-12-14(20)17-15(16(19)21)13-8-4-3-5-9-13/h13,15H,3-12H2,1-2H3,(H,17,20). The molecule has 1 saturated heterocycles. The number of amides is 2. The van der Waals surface area contributed by atoms with E-state index >= 15 is 0 Å². The lowest BCUT2D eigenvalue weighted by molar-refractivity contribution is -0.146. The van der Waals surface area contributed by atoms with Crippen molar-refractivity contribution in [2.75, 3.05) is 33.7 Å². The van der Waals surface area contributed by atoms with Crippen molar-refractivity contribution in [3.8, 4) is 0 Å². The van der Waals surface area contributed by atoms with Gasteiger partial charge in [-0.25, -0.2) is 0 Å². The number of rotatable bonds is 6. The first kappa shape index (κ1) is 16.3. The van der Waals surface area contributed by atoms with Gasteiger partial charge in [0.2, 0.25) is 11.8 Å². The molecule has 0 aromatic carbocycles. The number of nitrogens with zero attached hydrogens (tertiary/aromatic N) is 2. The zero-order valence-electron chi connectivity index (χ0n) is 13.4. The van der Waals surface area contributed by atoms with Gasteiger partial charge in [0.1, 0.15) is 6.04 Å². The van der Waals surface area contributed by atoms with E-state index < -0.39 is 0 Å². The summed E-state index contributed by atoms with van der Waals surface area (Å²) in [5.41, 5.74) is 0. The summed E-state index contributed by atoms with van der Waals surface area (Å²) in [4.78, 5) is 28.4. The molecular formula is C16H29N3O2. The molecule has 21 heavy (non-hydrogen) atoms. The van der Waals surface area contributed by atoms with Crippen molar-refractivity contribution in [3.63, 3.8) is 0 Å². The van der Waals surface area contributed by atoms with E-state index in [1.54, 1.807) is 4.90 Å². The smallest absolute Gasteiger partial charge is 0.245 e. The van der Waals surface area contributed by atoms with Crippen LogP contribution in [-0.2, 0) is 9.59 Å². The second-order valence-corrected chi connectivity index (χ2v) is 6.71. The molecule has 2 amide bonds. The van der Waals surface area contributed by atoms with Gasteiger partial charge in [0.25, 0.3) is 0 Å². The minimum absolute atomic E-state index is 0.0118. The van der Waals surface area contributed by atoms with Crippen LogP contribution in [0.4, 0.5) is 0 Å². The molecule has 1 unspecified atom stereocenters. The Bertz CT molecular complexity index is 365. The molecular weight excluding hydrogens is 266 g/mol. The van der Waals surface area contributed by atoms with Crippen LogP contribution in [0.3, 0.4) is 0 Å². The molecule has 2 aliphatic rings. The zero-order chi connectivity index (χ0) is 15.2. The van der Waals surface area contributed by atoms with Crippen molar-refractivity contribution in [3.05, 3.63) is 0 Å². The van der Waals surface area contributed by atoms with Crippen LogP contribution in [0.5, 0.6) is 0 Å². The number of piperazine rings is 1. The summed E-state index contributed by atoms with van der Waals surface area (Å²) < 4.78 is 0. The Kier molecular flexibility index (Phi) is 6.03. The molecule has 0 bridgehead atoms. The quantitative estimate of drug-likeness (QED) is 0.750. The highest BCUT2D eigenvalue weighted by Gasteiger charge is 2.37. The Balaban J connectivity index is 1.86. The average Bonchev–Trinajstić information content (AvgIpc) is 2.47. The average molecular weight is 295 g/mol. The summed E-state index contributed by atoms with van der Waals surface area (Å²) in [6.45, 7) is 1.98. The Morgan fingerprint density at radius 1 is 1.14 bits per heavy atom. The zero-order valence-corrected chi connectivity index (χ0v) is 13.4. The SMILES string of the molecule is CN(C)CCCCN1CC(=O)NC(C2CCCCC2)C1=O. The lowest BCUT2D eigenvalue weighted by Gasteiger charge is -2.38. The molecule has 5 heteroatoms. The van der Waals surface area contributed by atoms with E-state index in [9.17, 15) is 9.59 Å². The van der Waals surface area contributed by atoms with Crippen molar-refractivity contribution in [2.24, 2.45) is 5.92 Å². The van der Waals surface area contributed by atoms with Crippen LogP contribution >= 0.6 is 0 Å². The van der Waals surface area contributed by atoms with Gasteiger partial charge in [0, 0.05) is 6.54 Å². The summed E-state index contributed by atoms with van der Waals surface area (Å²) in [7, 11) is 4.11. The molecule has 1 aliphatic heterocycles. The molecule has 2 fully saturated rings. The van der Waals surface area contributed by atoms with Gasteiger partial charge >= 0.3 is 0 Å². The molecule has 0 aromatic heterocycles. The summed E-state index contributed by atoms with van der Waals surface area (Å²) >= 11 is 0. The highest BCUT2D eigenvalue weighted by molar-refractivity contribution is 5.95. The molecule has 1 aliphatic carbocycles. The van der Waals surface area contributed by atoms with Gasteiger partial charge in [-0.05, 0) is 52.2 Å². The Morgan fingerprint density at radius 2 is 1.86 bits per heavy atom. The van der Waals surface area contributed by atoms with Crippen LogP contribution in [0.25, 0.3) is 0 Å². The molecule has 2 rings (SSSR count). The van der Waals surface area contributed by atoms with E-state index in [0.29, 0.717) is 12.5 Å². The van der Waals surface area contributed by atoms with E-state index in [4.69, 9.17) is 0 Å². The van der Waals surface area contributed by atoms with E-state index in [2.05, 4.69) is 24.3 Å². The largest absolute Gasteiger partial charge is 0.342 e. The maximum absolute atomic E-state index is 12.6. The number of nitrogens with one attached hydrogen (secondary N) is 1. The molecule has 0 spiro atoms. The highest BCUT2D eigenvalue weighted by atomic mass is 16.2. The number of unbranched alkanes of at least 4 members (excludes halogenated alkanes) is 1. The normalized spacial score (nSPS) is 24.5. The summed E-state index contributed by atoms with van der Waals surface area (Å²) in [5, 5.41) is 2.94. The molecule has 0 aromatic rings. The van der Waals surface area contributed by atoms with Gasteiger partial charge < -0.3 is 15.1 Å². The lowest BCUT2D eigenvalue weighted by atomic mass is 9.82. The number of hydrogen-bond acceptors (Lipinski definition) is 3. The lowest BCUT2D eigenvalue weighted by Crippen LogP contribution is -2.60. The van der Waals surface area contributed by atoms with Crippen molar-refractivity contribution in [1.82, 2.24) is 15.1 Å². The van der Waals surface area contributed by atoms with Gasteiger partial charge in [-0.15, -0.1) is 0 Å². The number of hydrogen-bond donors (Lipinski definition) is 1. The van der Waals surface area contributed by atoms with Gasteiger partial charge in [-0.2, -0.15) is 0 Å². The molecule has 120 valence electrons. The minimum atomic E-state index is -0.264. The van der Waals surface area contributed by atoms with E-state index in [0.717, 1.165) is 32.2 Å². The molecule has 1 N–H and O–H groups in total. The first-order valence-corrected chi connectivity index (χ1v) is 8.31. The van der Waals surface area contributed by atoms with Gasteiger partial charge in [-0.3, -0.25) is 9.59 Å². The third kappa shape index (κ3) is 4.70.